The zero-order valence-corrected chi connectivity index (χ0v) is 33.8. The van der Waals surface area contributed by atoms with Crippen LogP contribution in [-0.4, -0.2) is 94.2 Å². The zero-order chi connectivity index (χ0) is 36.4. The van der Waals surface area contributed by atoms with E-state index < -0.39 is 5.97 Å². The van der Waals surface area contributed by atoms with Crippen molar-refractivity contribution in [1.29, 1.82) is 0 Å². The summed E-state index contributed by atoms with van der Waals surface area (Å²) >= 11 is 3.48. The molecule has 2 aromatic heterocycles. The second kappa shape index (κ2) is 26.1. The van der Waals surface area contributed by atoms with E-state index in [1.165, 1.54) is 54.2 Å². The Balaban J connectivity index is 0.000000262. The summed E-state index contributed by atoms with van der Waals surface area (Å²) in [6.45, 7) is 0.792. The van der Waals surface area contributed by atoms with Gasteiger partial charge in [-0.05, 0) is 19.3 Å². The van der Waals surface area contributed by atoms with Crippen LogP contribution in [0, 0.1) is 0 Å². The molecule has 0 amide bonds. The summed E-state index contributed by atoms with van der Waals surface area (Å²) in [5.41, 5.74) is 3.88. The fourth-order valence-electron chi connectivity index (χ4n) is 4.69. The molecule has 0 saturated heterocycles. The van der Waals surface area contributed by atoms with E-state index in [1.54, 1.807) is 0 Å². The summed E-state index contributed by atoms with van der Waals surface area (Å²) < 4.78 is 10.4. The average Bonchev–Trinajstić information content (AvgIpc) is 3.80. The molecule has 10 nitrogen and oxygen atoms in total. The molecule has 0 saturated carbocycles. The van der Waals surface area contributed by atoms with E-state index in [0.717, 1.165) is 49.6 Å². The summed E-state index contributed by atoms with van der Waals surface area (Å²) in [5, 5.41) is 29.5. The van der Waals surface area contributed by atoms with E-state index in [-0.39, 0.29) is 6.42 Å². The minimum absolute atomic E-state index is 0.196. The molecule has 1 radical (unpaired) electrons. The van der Waals surface area contributed by atoms with Gasteiger partial charge in [0.05, 0.1) is 6.61 Å². The summed E-state index contributed by atoms with van der Waals surface area (Å²) in [4.78, 5) is 19.6. The maximum atomic E-state index is 10.0. The Hall–Kier alpha value is -3.69. The number of nitrogens with two attached hydrogens (primary N) is 1. The van der Waals surface area contributed by atoms with Gasteiger partial charge < -0.3 is 9.84 Å². The normalized spacial score (nSPS) is 10.7. The summed E-state index contributed by atoms with van der Waals surface area (Å²) in [7, 11) is 0. The molecule has 0 aliphatic heterocycles. The zero-order valence-electron chi connectivity index (χ0n) is 28.6. The third-order valence-corrected chi connectivity index (χ3v) is 11.9. The van der Waals surface area contributed by atoms with Gasteiger partial charge in [0.2, 0.25) is 0 Å². The van der Waals surface area contributed by atoms with E-state index in [0.29, 0.717) is 48.5 Å². The quantitative estimate of drug-likeness (QED) is 0.0292. The number of unbranched alkanes of at least 4 members (excludes halogenated alkanes) is 4. The predicted octanol–water partition coefficient (Wildman–Crippen LogP) is 4.99. The first-order valence-electron chi connectivity index (χ1n) is 16.9. The Morgan fingerprint density at radius 1 is 0.686 bits per heavy atom. The van der Waals surface area contributed by atoms with Crippen molar-refractivity contribution in [3.05, 3.63) is 126 Å². The van der Waals surface area contributed by atoms with Crippen LogP contribution in [0.3, 0.4) is 0 Å². The number of benzene rings is 3. The number of carboxylic acid groups (broad SMARTS) is 1. The van der Waals surface area contributed by atoms with Crippen molar-refractivity contribution in [3.8, 4) is 0 Å². The molecular formula is C38H45N6O4Se3. The molecule has 0 atom stereocenters. The molecule has 51 heavy (non-hydrogen) atoms. The predicted molar refractivity (Wildman–Crippen MR) is 203 cm³/mol. The fourth-order valence-corrected chi connectivity index (χ4v) is 8.91. The number of carboxylic acids is 1. The van der Waals surface area contributed by atoms with Crippen molar-refractivity contribution in [1.82, 2.24) is 20.4 Å². The Kier molecular flexibility index (Phi) is 21.4. The number of aryl methyl sites for hydroxylation is 2. The SMILES string of the molecule is NN=C([Se])Cc1ccccc1.O=COCCCCCC(=O)O.c1ccc(Cc2nnc(CCCCCc3nnc(Cc4ccccc4)[se]3)[se]2)cc1. The van der Waals surface area contributed by atoms with Crippen LogP contribution in [0.25, 0.3) is 0 Å². The van der Waals surface area contributed by atoms with Gasteiger partial charge >= 0.3 is 264 Å². The molecule has 0 bridgehead atoms. The standard InChI is InChI=1S/C23H24N4Se2.C8H9N2Se.C7H12O4/c1-4-10-18(11-5-1)16-22-26-24-20(28-22)14-8-3-9-15-21-25-27-23(29-21)17-19-12-6-2-7-13-19;9-10-8(11)6-7-4-2-1-3-5-7;8-6-11-5-3-1-2-4-7(9)10/h1-2,4-7,10-13H,3,8-9,14-17H2;1-5H,6,9H2;6H,1-5H2,(H,9,10). The molecule has 3 aromatic carbocycles. The van der Waals surface area contributed by atoms with E-state index in [2.05, 4.69) is 107 Å². The number of hydrogen-bond acceptors (Lipinski definition) is 9. The first-order chi connectivity index (χ1) is 24.9. The Morgan fingerprint density at radius 3 is 1.59 bits per heavy atom. The van der Waals surface area contributed by atoms with Crippen molar-refractivity contribution in [3.63, 3.8) is 0 Å². The molecule has 2 heterocycles. The van der Waals surface area contributed by atoms with Crippen molar-refractivity contribution >= 4 is 62.1 Å². The van der Waals surface area contributed by atoms with E-state index in [4.69, 9.17) is 10.9 Å². The number of hydrazone groups is 1. The molecular weight excluding hydrogens is 841 g/mol. The van der Waals surface area contributed by atoms with Crippen LogP contribution in [-0.2, 0) is 46.4 Å². The third kappa shape index (κ3) is 19.5. The minimum atomic E-state index is -0.777. The monoisotopic (exact) mass is 889 g/mol. The van der Waals surface area contributed by atoms with Gasteiger partial charge in [0, 0.05) is 6.42 Å². The van der Waals surface area contributed by atoms with Crippen LogP contribution < -0.4 is 5.84 Å². The molecule has 5 rings (SSSR count). The topological polar surface area (TPSA) is 154 Å². The number of hydrogen-bond donors (Lipinski definition) is 2. The third-order valence-electron chi connectivity index (χ3n) is 7.26. The molecule has 0 aliphatic rings. The molecule has 3 N–H and O–H groups in total. The summed E-state index contributed by atoms with van der Waals surface area (Å²) in [6.07, 6.45) is 10.9. The van der Waals surface area contributed by atoms with Crippen molar-refractivity contribution in [2.75, 3.05) is 6.61 Å². The Labute approximate surface area is 320 Å². The van der Waals surface area contributed by atoms with Gasteiger partial charge in [-0.2, -0.15) is 0 Å². The average molecular weight is 887 g/mol. The first kappa shape index (κ1) is 41.7. The van der Waals surface area contributed by atoms with E-state index in [1.807, 2.05) is 30.3 Å². The summed E-state index contributed by atoms with van der Waals surface area (Å²) in [6, 6.07) is 31.2. The van der Waals surface area contributed by atoms with E-state index in [9.17, 15) is 9.59 Å². The second-order valence-electron chi connectivity index (χ2n) is 11.4. The first-order valence-corrected chi connectivity index (χ1v) is 21.2. The van der Waals surface area contributed by atoms with Gasteiger partial charge in [-0.25, -0.2) is 0 Å². The second-order valence-corrected chi connectivity index (χ2v) is 17.2. The number of carbonyl (C=O) groups is 2. The number of nitrogens with zero attached hydrogens (tertiary/aromatic N) is 5. The number of rotatable bonds is 19. The van der Waals surface area contributed by atoms with Crippen LogP contribution in [0.4, 0.5) is 0 Å². The van der Waals surface area contributed by atoms with Crippen LogP contribution in [0.2, 0.25) is 0 Å². The molecule has 0 fully saturated rings. The van der Waals surface area contributed by atoms with Crippen molar-refractivity contribution < 1.29 is 19.4 Å². The molecule has 0 unspecified atom stereocenters. The van der Waals surface area contributed by atoms with Gasteiger partial charge in [0.25, 0.3) is 6.47 Å². The Bertz CT molecular complexity index is 1600. The molecule has 0 spiro atoms. The fraction of sp³-hybridized carbons (Fsp3) is 0.342. The van der Waals surface area contributed by atoms with E-state index >= 15 is 0 Å². The van der Waals surface area contributed by atoms with Crippen LogP contribution >= 0.6 is 0 Å². The van der Waals surface area contributed by atoms with Crippen molar-refractivity contribution in [2.45, 2.75) is 77.0 Å². The molecule has 13 heteroatoms. The van der Waals surface area contributed by atoms with Crippen LogP contribution in [0.1, 0.15) is 79.9 Å². The summed E-state index contributed by atoms with van der Waals surface area (Å²) in [5.74, 6) is 4.30. The van der Waals surface area contributed by atoms with Gasteiger partial charge in [-0.3, -0.25) is 9.59 Å². The number of carbonyl (C=O) groups excluding carboxylic acids is 1. The molecule has 0 aliphatic carbocycles. The maximum absolute atomic E-state index is 10.0. The van der Waals surface area contributed by atoms with Gasteiger partial charge in [-0.15, -0.1) is 0 Å². The van der Waals surface area contributed by atoms with Gasteiger partial charge in [0.15, 0.2) is 0 Å². The molecule has 269 valence electrons. The van der Waals surface area contributed by atoms with Crippen LogP contribution in [0.5, 0.6) is 0 Å². The number of aliphatic carboxylic acids is 1. The van der Waals surface area contributed by atoms with Crippen LogP contribution in [0.15, 0.2) is 96.1 Å². The number of aromatic nitrogens is 4. The van der Waals surface area contributed by atoms with Gasteiger partial charge in [0.1, 0.15) is 0 Å². The number of ether oxygens (including phenoxy) is 1. The van der Waals surface area contributed by atoms with Gasteiger partial charge in [-0.1, -0.05) is 0 Å². The Morgan fingerprint density at radius 2 is 1.14 bits per heavy atom. The van der Waals surface area contributed by atoms with Crippen molar-refractivity contribution in [2.24, 2.45) is 10.9 Å². The molecule has 5 aromatic rings.